The predicted octanol–water partition coefficient (Wildman–Crippen LogP) is 3.93. The van der Waals surface area contributed by atoms with Gasteiger partial charge in [0.25, 0.3) is 5.91 Å². The van der Waals surface area contributed by atoms with Gasteiger partial charge in [-0.05, 0) is 60.2 Å². The molecular weight excluding hydrogens is 410 g/mol. The fourth-order valence-corrected chi connectivity index (χ4v) is 4.41. The van der Waals surface area contributed by atoms with Crippen LogP contribution in [0.3, 0.4) is 0 Å². The number of carbonyl (C=O) groups is 1. The van der Waals surface area contributed by atoms with Crippen molar-refractivity contribution in [2.45, 2.75) is 25.4 Å². The number of nitrogens with zero attached hydrogens (tertiary/aromatic N) is 2. The first-order chi connectivity index (χ1) is 15.2. The Balaban J connectivity index is 1.26. The highest BCUT2D eigenvalue weighted by molar-refractivity contribution is 7.14. The van der Waals surface area contributed by atoms with Crippen LogP contribution in [0.5, 0.6) is 0 Å². The van der Waals surface area contributed by atoms with Crippen molar-refractivity contribution >= 4 is 33.9 Å². The van der Waals surface area contributed by atoms with Crippen LogP contribution in [0, 0.1) is 0 Å². The van der Waals surface area contributed by atoms with Gasteiger partial charge < -0.3 is 25.3 Å². The molecule has 0 aliphatic carbocycles. The summed E-state index contributed by atoms with van der Waals surface area (Å²) in [4.78, 5) is 19.0. The smallest absolute Gasteiger partial charge is 0.291 e. The topological polar surface area (TPSA) is 81.9 Å². The second kappa shape index (κ2) is 10.2. The number of nitrogens with one attached hydrogen (secondary N) is 3. The van der Waals surface area contributed by atoms with Crippen LogP contribution in [-0.2, 0) is 6.54 Å². The number of rotatable bonds is 6. The van der Waals surface area contributed by atoms with Crippen LogP contribution in [0.4, 0.5) is 10.7 Å². The molecule has 8 heteroatoms. The van der Waals surface area contributed by atoms with E-state index in [0.717, 1.165) is 43.1 Å². The molecule has 1 aromatic carbocycles. The van der Waals surface area contributed by atoms with Gasteiger partial charge in [0.2, 0.25) is 0 Å². The minimum absolute atomic E-state index is 0.263. The molecule has 3 aromatic rings. The zero-order chi connectivity index (χ0) is 21.5. The average molecular weight is 438 g/mol. The quantitative estimate of drug-likeness (QED) is 0.402. The Morgan fingerprint density at radius 2 is 2.06 bits per heavy atom. The number of aliphatic imine (C=N–C) groups is 1. The number of guanidine groups is 1. The van der Waals surface area contributed by atoms with Gasteiger partial charge in [-0.3, -0.25) is 9.79 Å². The highest BCUT2D eigenvalue weighted by atomic mass is 32.1. The number of thiophene rings is 1. The van der Waals surface area contributed by atoms with Gasteiger partial charge in [-0.2, -0.15) is 0 Å². The molecule has 0 spiro atoms. The molecule has 31 heavy (non-hydrogen) atoms. The largest absolute Gasteiger partial charge is 0.459 e. The van der Waals surface area contributed by atoms with E-state index in [9.17, 15) is 4.79 Å². The third-order valence-electron chi connectivity index (χ3n) is 5.27. The van der Waals surface area contributed by atoms with Crippen molar-refractivity contribution in [3.8, 4) is 0 Å². The number of furan rings is 1. The van der Waals surface area contributed by atoms with Crippen LogP contribution in [0.1, 0.15) is 29.0 Å². The summed E-state index contributed by atoms with van der Waals surface area (Å²) >= 11 is 1.80. The first-order valence-electron chi connectivity index (χ1n) is 10.4. The monoisotopic (exact) mass is 437 g/mol. The van der Waals surface area contributed by atoms with E-state index < -0.39 is 0 Å². The van der Waals surface area contributed by atoms with Crippen molar-refractivity contribution in [1.82, 2.24) is 10.6 Å². The number of amides is 1. The molecule has 1 aliphatic heterocycles. The summed E-state index contributed by atoms with van der Waals surface area (Å²) < 4.78 is 5.14. The Labute approximate surface area is 186 Å². The predicted molar refractivity (Wildman–Crippen MR) is 126 cm³/mol. The molecule has 2 aromatic heterocycles. The minimum Gasteiger partial charge on any atom is -0.459 e. The maximum atomic E-state index is 12.2. The highest BCUT2D eigenvalue weighted by Gasteiger charge is 2.20. The summed E-state index contributed by atoms with van der Waals surface area (Å²) in [6.07, 6.45) is 3.64. The summed E-state index contributed by atoms with van der Waals surface area (Å²) in [6, 6.07) is 15.8. The van der Waals surface area contributed by atoms with Gasteiger partial charge in [-0.15, -0.1) is 11.3 Å². The summed E-state index contributed by atoms with van der Waals surface area (Å²) in [5.41, 5.74) is 1.78. The zero-order valence-electron chi connectivity index (χ0n) is 17.5. The third kappa shape index (κ3) is 5.67. The first-order valence-corrected chi connectivity index (χ1v) is 11.3. The van der Waals surface area contributed by atoms with Crippen molar-refractivity contribution in [2.24, 2.45) is 4.99 Å². The van der Waals surface area contributed by atoms with Gasteiger partial charge in [-0.1, -0.05) is 12.1 Å². The second-order valence-electron chi connectivity index (χ2n) is 7.41. The maximum absolute atomic E-state index is 12.2. The molecule has 3 heterocycles. The highest BCUT2D eigenvalue weighted by Crippen LogP contribution is 2.24. The molecule has 162 valence electrons. The minimum atomic E-state index is -0.263. The molecule has 1 amide bonds. The van der Waals surface area contributed by atoms with Crippen LogP contribution >= 0.6 is 11.3 Å². The van der Waals surface area contributed by atoms with Crippen molar-refractivity contribution < 1.29 is 9.21 Å². The first kappa shape index (κ1) is 21.0. The molecule has 4 rings (SSSR count). The molecule has 0 bridgehead atoms. The third-order valence-corrected chi connectivity index (χ3v) is 6.20. The Morgan fingerprint density at radius 1 is 1.19 bits per heavy atom. The van der Waals surface area contributed by atoms with Gasteiger partial charge in [0.15, 0.2) is 11.7 Å². The van der Waals surface area contributed by atoms with Crippen molar-refractivity contribution in [3.05, 3.63) is 71.5 Å². The second-order valence-corrected chi connectivity index (χ2v) is 8.34. The molecule has 0 unspecified atom stereocenters. The molecule has 0 saturated carbocycles. The molecule has 1 saturated heterocycles. The van der Waals surface area contributed by atoms with Crippen LogP contribution < -0.4 is 20.9 Å². The number of benzene rings is 1. The van der Waals surface area contributed by atoms with E-state index in [1.54, 1.807) is 30.5 Å². The Kier molecular flexibility index (Phi) is 6.89. The maximum Gasteiger partial charge on any atom is 0.291 e. The van der Waals surface area contributed by atoms with E-state index in [2.05, 4.69) is 43.4 Å². The standard InChI is InChI=1S/C23H27N5O2S/c1-24-23(27-18-9-11-28(12-10-18)21-8-4-14-31-21)25-16-17-5-2-6-19(15-17)26-22(29)20-7-3-13-30-20/h2-8,13-15,18H,9-12,16H2,1H3,(H,26,29)(H2,24,25,27). The lowest BCUT2D eigenvalue weighted by Crippen LogP contribution is -2.48. The van der Waals surface area contributed by atoms with Gasteiger partial charge in [-0.25, -0.2) is 0 Å². The normalized spacial score (nSPS) is 15.0. The van der Waals surface area contributed by atoms with Gasteiger partial charge in [0, 0.05) is 38.4 Å². The summed E-state index contributed by atoms with van der Waals surface area (Å²) in [5.74, 6) is 0.819. The van der Waals surface area contributed by atoms with E-state index in [1.165, 1.54) is 11.3 Å². The van der Waals surface area contributed by atoms with Crippen LogP contribution in [-0.4, -0.2) is 38.0 Å². The molecule has 7 nitrogen and oxygen atoms in total. The zero-order valence-corrected chi connectivity index (χ0v) is 18.3. The van der Waals surface area contributed by atoms with Gasteiger partial charge >= 0.3 is 0 Å². The Morgan fingerprint density at radius 3 is 2.77 bits per heavy atom. The van der Waals surface area contributed by atoms with Gasteiger partial charge in [0.1, 0.15) is 0 Å². The molecule has 3 N–H and O–H groups in total. The SMILES string of the molecule is CN=C(NCc1cccc(NC(=O)c2ccco2)c1)NC1CCN(c2cccs2)CC1. The van der Waals surface area contributed by atoms with Crippen molar-refractivity contribution in [2.75, 3.05) is 30.4 Å². The number of carbonyl (C=O) groups excluding carboxylic acids is 1. The van der Waals surface area contributed by atoms with E-state index >= 15 is 0 Å². The fourth-order valence-electron chi connectivity index (χ4n) is 3.63. The number of anilines is 2. The lowest BCUT2D eigenvalue weighted by Gasteiger charge is -2.33. The molecule has 0 radical (unpaired) electrons. The summed E-state index contributed by atoms with van der Waals surface area (Å²) in [6.45, 7) is 2.71. The Hall–Kier alpha value is -3.26. The summed E-state index contributed by atoms with van der Waals surface area (Å²) in [7, 11) is 1.79. The van der Waals surface area contributed by atoms with Crippen molar-refractivity contribution in [3.63, 3.8) is 0 Å². The van der Waals surface area contributed by atoms with Crippen LogP contribution in [0.15, 0.2) is 69.6 Å². The molecule has 1 fully saturated rings. The van der Waals surface area contributed by atoms with E-state index in [4.69, 9.17) is 4.42 Å². The van der Waals surface area contributed by atoms with Gasteiger partial charge in [0.05, 0.1) is 11.3 Å². The lowest BCUT2D eigenvalue weighted by molar-refractivity contribution is 0.0996. The lowest BCUT2D eigenvalue weighted by atomic mass is 10.1. The van der Waals surface area contributed by atoms with E-state index in [-0.39, 0.29) is 5.91 Å². The van der Waals surface area contributed by atoms with E-state index in [0.29, 0.717) is 18.3 Å². The van der Waals surface area contributed by atoms with Crippen LogP contribution in [0.2, 0.25) is 0 Å². The fraction of sp³-hybridized carbons (Fsp3) is 0.304. The summed E-state index contributed by atoms with van der Waals surface area (Å²) in [5, 5.41) is 13.2. The van der Waals surface area contributed by atoms with Crippen molar-refractivity contribution in [1.29, 1.82) is 0 Å². The van der Waals surface area contributed by atoms with Crippen LogP contribution in [0.25, 0.3) is 0 Å². The number of piperidine rings is 1. The molecule has 1 aliphatic rings. The van der Waals surface area contributed by atoms with E-state index in [1.807, 2.05) is 24.3 Å². The molecule has 0 atom stereocenters. The Bertz CT molecular complexity index is 993. The number of hydrogen-bond donors (Lipinski definition) is 3. The molecular formula is C23H27N5O2S. The number of hydrogen-bond acceptors (Lipinski definition) is 5. The average Bonchev–Trinajstić information content (AvgIpc) is 3.52.